The molecule has 0 amide bonds. The van der Waals surface area contributed by atoms with Crippen LogP contribution in [0.15, 0.2) is 24.3 Å². The number of halogens is 1. The van der Waals surface area contributed by atoms with Gasteiger partial charge < -0.3 is 5.11 Å². The van der Waals surface area contributed by atoms with E-state index in [-0.39, 0.29) is 17.9 Å². The summed E-state index contributed by atoms with van der Waals surface area (Å²) in [6.07, 6.45) is 6.95. The van der Waals surface area contributed by atoms with Crippen LogP contribution in [0.1, 0.15) is 69.9 Å². The van der Waals surface area contributed by atoms with Crippen molar-refractivity contribution < 1.29 is 9.90 Å². The number of hydrogen-bond donors (Lipinski definition) is 2. The summed E-state index contributed by atoms with van der Waals surface area (Å²) >= 11 is 0. The molecule has 0 aromatic heterocycles. The van der Waals surface area contributed by atoms with E-state index >= 15 is 0 Å². The van der Waals surface area contributed by atoms with Crippen molar-refractivity contribution in [3.63, 3.8) is 0 Å². The molecule has 1 aliphatic carbocycles. The molecule has 1 aliphatic rings. The van der Waals surface area contributed by atoms with Crippen molar-refractivity contribution in [3.05, 3.63) is 35.4 Å². The van der Waals surface area contributed by atoms with E-state index in [1.54, 1.807) is 0 Å². The first-order valence-corrected chi connectivity index (χ1v) is 8.45. The lowest BCUT2D eigenvalue weighted by Gasteiger charge is -2.28. The summed E-state index contributed by atoms with van der Waals surface area (Å²) in [6.45, 7) is 6.03. The van der Waals surface area contributed by atoms with Crippen molar-refractivity contribution in [1.29, 1.82) is 0 Å². The summed E-state index contributed by atoms with van der Waals surface area (Å²) in [4.78, 5) is 11.6. The molecule has 1 aromatic rings. The fraction of sp³-hybridized carbons (Fsp3) is 0.632. The molecule has 0 spiro atoms. The molecular formula is C19H30ClNO2. The minimum Gasteiger partial charge on any atom is -0.480 e. The molecule has 1 saturated carbocycles. The Morgan fingerprint density at radius 1 is 1.22 bits per heavy atom. The number of nitrogens with one attached hydrogen (secondary N) is 1. The van der Waals surface area contributed by atoms with Crippen LogP contribution in [-0.4, -0.2) is 22.7 Å². The topological polar surface area (TPSA) is 49.3 Å². The average molecular weight is 340 g/mol. The van der Waals surface area contributed by atoms with Gasteiger partial charge in [0.05, 0.1) is 0 Å². The Morgan fingerprint density at radius 3 is 2.39 bits per heavy atom. The number of hydrogen-bond acceptors (Lipinski definition) is 2. The van der Waals surface area contributed by atoms with Crippen LogP contribution >= 0.6 is 12.4 Å². The Kier molecular flexibility index (Phi) is 7.56. The molecule has 2 N–H and O–H groups in total. The quantitative estimate of drug-likeness (QED) is 0.828. The van der Waals surface area contributed by atoms with Gasteiger partial charge in [-0.25, -0.2) is 0 Å². The second-order valence-corrected chi connectivity index (χ2v) is 7.52. The highest BCUT2D eigenvalue weighted by molar-refractivity contribution is 5.85. The molecule has 3 nitrogen and oxygen atoms in total. The number of carboxylic acid groups (broad SMARTS) is 1. The molecule has 4 heteroatoms. The van der Waals surface area contributed by atoms with Gasteiger partial charge in [0.2, 0.25) is 0 Å². The van der Waals surface area contributed by atoms with E-state index in [1.807, 2.05) is 26.8 Å². The molecule has 0 aliphatic heterocycles. The number of benzene rings is 1. The van der Waals surface area contributed by atoms with Crippen LogP contribution < -0.4 is 5.32 Å². The summed E-state index contributed by atoms with van der Waals surface area (Å²) in [5.41, 5.74) is 2.35. The molecule has 1 fully saturated rings. The molecule has 1 atom stereocenters. The van der Waals surface area contributed by atoms with E-state index in [4.69, 9.17) is 0 Å². The Morgan fingerprint density at radius 2 is 1.83 bits per heavy atom. The number of carboxylic acids is 1. The third-order valence-electron chi connectivity index (χ3n) is 4.43. The van der Waals surface area contributed by atoms with Crippen LogP contribution in [-0.2, 0) is 11.2 Å². The number of carbonyl (C=O) groups is 1. The van der Waals surface area contributed by atoms with Gasteiger partial charge in [-0.1, -0.05) is 43.5 Å². The standard InChI is InChI=1S/C19H29NO2.ClH/c1-19(2,3)20-17(18(21)22)13-15-11-7-8-12-16(15)14-9-5-4-6-10-14;/h7-8,11-12,14,17,20H,4-6,9-10,13H2,1-3H3,(H,21,22);1H/t17-;/m0./s1. The van der Waals surface area contributed by atoms with Gasteiger partial charge in [0, 0.05) is 5.54 Å². The minimum atomic E-state index is -0.770. The first-order chi connectivity index (χ1) is 10.4. The van der Waals surface area contributed by atoms with Crippen LogP contribution in [0.25, 0.3) is 0 Å². The predicted molar refractivity (Wildman–Crippen MR) is 97.5 cm³/mol. The molecule has 0 saturated heterocycles. The maximum atomic E-state index is 11.6. The number of aliphatic carboxylic acids is 1. The normalized spacial score (nSPS) is 17.3. The molecule has 0 unspecified atom stereocenters. The average Bonchev–Trinajstić information content (AvgIpc) is 2.46. The van der Waals surface area contributed by atoms with Gasteiger partial charge in [0.1, 0.15) is 6.04 Å². The van der Waals surface area contributed by atoms with Gasteiger partial charge in [0.25, 0.3) is 0 Å². The zero-order valence-corrected chi connectivity index (χ0v) is 15.3. The van der Waals surface area contributed by atoms with E-state index in [2.05, 4.69) is 23.5 Å². The Hall–Kier alpha value is -1.06. The van der Waals surface area contributed by atoms with Gasteiger partial charge in [0.15, 0.2) is 0 Å². The summed E-state index contributed by atoms with van der Waals surface area (Å²) in [5, 5.41) is 12.8. The third kappa shape index (κ3) is 6.15. The maximum absolute atomic E-state index is 11.6. The summed E-state index contributed by atoms with van der Waals surface area (Å²) in [6, 6.07) is 7.87. The second-order valence-electron chi connectivity index (χ2n) is 7.52. The second kappa shape index (κ2) is 8.70. The van der Waals surface area contributed by atoms with Gasteiger partial charge in [-0.05, 0) is 57.1 Å². The summed E-state index contributed by atoms with van der Waals surface area (Å²) < 4.78 is 0. The van der Waals surface area contributed by atoms with Crippen molar-refractivity contribution >= 4 is 18.4 Å². The van der Waals surface area contributed by atoms with Crippen molar-refractivity contribution in [2.45, 2.75) is 76.8 Å². The van der Waals surface area contributed by atoms with Crippen LogP contribution in [0, 0.1) is 0 Å². The van der Waals surface area contributed by atoms with Crippen molar-refractivity contribution in [1.82, 2.24) is 5.32 Å². The highest BCUT2D eigenvalue weighted by Gasteiger charge is 2.26. The molecule has 1 aromatic carbocycles. The number of rotatable bonds is 5. The van der Waals surface area contributed by atoms with Crippen molar-refractivity contribution in [3.8, 4) is 0 Å². The van der Waals surface area contributed by atoms with E-state index in [0.717, 1.165) is 0 Å². The first-order valence-electron chi connectivity index (χ1n) is 8.45. The van der Waals surface area contributed by atoms with E-state index in [0.29, 0.717) is 12.3 Å². The highest BCUT2D eigenvalue weighted by Crippen LogP contribution is 2.34. The largest absolute Gasteiger partial charge is 0.480 e. The first kappa shape index (κ1) is 20.0. The molecule has 0 bridgehead atoms. The zero-order valence-electron chi connectivity index (χ0n) is 14.5. The lowest BCUT2D eigenvalue weighted by Crippen LogP contribution is -2.49. The Labute approximate surface area is 146 Å². The summed E-state index contributed by atoms with van der Waals surface area (Å²) in [7, 11) is 0. The Balaban J connectivity index is 0.00000264. The van der Waals surface area contributed by atoms with Gasteiger partial charge >= 0.3 is 5.97 Å². The van der Waals surface area contributed by atoms with Crippen molar-refractivity contribution in [2.75, 3.05) is 0 Å². The molecule has 2 rings (SSSR count). The van der Waals surface area contributed by atoms with Crippen LogP contribution in [0.2, 0.25) is 0 Å². The maximum Gasteiger partial charge on any atom is 0.321 e. The Bertz CT molecular complexity index is 504. The molecule has 23 heavy (non-hydrogen) atoms. The van der Waals surface area contributed by atoms with Crippen LogP contribution in [0.3, 0.4) is 0 Å². The van der Waals surface area contributed by atoms with E-state index < -0.39 is 12.0 Å². The summed E-state index contributed by atoms with van der Waals surface area (Å²) in [5.74, 6) is -0.164. The molecular weight excluding hydrogens is 310 g/mol. The minimum absolute atomic E-state index is 0. The lowest BCUT2D eigenvalue weighted by molar-refractivity contribution is -0.140. The van der Waals surface area contributed by atoms with Gasteiger partial charge in [-0.3, -0.25) is 10.1 Å². The third-order valence-corrected chi connectivity index (χ3v) is 4.43. The van der Waals surface area contributed by atoms with Crippen LogP contribution in [0.4, 0.5) is 0 Å². The fourth-order valence-corrected chi connectivity index (χ4v) is 3.47. The lowest BCUT2D eigenvalue weighted by atomic mass is 9.81. The molecule has 0 heterocycles. The van der Waals surface area contributed by atoms with Crippen LogP contribution in [0.5, 0.6) is 0 Å². The highest BCUT2D eigenvalue weighted by atomic mass is 35.5. The molecule has 0 radical (unpaired) electrons. The van der Waals surface area contributed by atoms with E-state index in [9.17, 15) is 9.90 Å². The van der Waals surface area contributed by atoms with E-state index in [1.165, 1.54) is 43.2 Å². The zero-order chi connectivity index (χ0) is 16.2. The fourth-order valence-electron chi connectivity index (χ4n) is 3.47. The predicted octanol–water partition coefficient (Wildman–Crippen LogP) is 4.54. The van der Waals surface area contributed by atoms with Crippen molar-refractivity contribution in [2.24, 2.45) is 0 Å². The molecule has 130 valence electrons. The van der Waals surface area contributed by atoms with Gasteiger partial charge in [-0.15, -0.1) is 12.4 Å². The SMILES string of the molecule is CC(C)(C)N[C@@H](Cc1ccccc1C1CCCCC1)C(=O)O.Cl. The van der Waals surface area contributed by atoms with Gasteiger partial charge in [-0.2, -0.15) is 0 Å². The monoisotopic (exact) mass is 339 g/mol. The smallest absolute Gasteiger partial charge is 0.321 e.